The average Bonchev–Trinajstić information content (AvgIpc) is 2.87. The number of hydrogen-bond donors (Lipinski definition) is 2. The fraction of sp³-hybridized carbons (Fsp3) is 0.308. The first-order valence-electron chi connectivity index (χ1n) is 6.00. The van der Waals surface area contributed by atoms with Gasteiger partial charge in [0.15, 0.2) is 0 Å². The Morgan fingerprint density at radius 1 is 1.35 bits per heavy atom. The molecule has 20 heavy (non-hydrogen) atoms. The summed E-state index contributed by atoms with van der Waals surface area (Å²) in [6.07, 6.45) is 1.61. The van der Waals surface area contributed by atoms with Gasteiger partial charge in [-0.05, 0) is 12.1 Å². The van der Waals surface area contributed by atoms with Crippen LogP contribution in [0.5, 0.6) is 0 Å². The molecule has 0 bridgehead atoms. The summed E-state index contributed by atoms with van der Waals surface area (Å²) in [5.41, 5.74) is 1.18. The first-order valence-corrected chi connectivity index (χ1v) is 6.76. The number of aromatic amines is 1. The first kappa shape index (κ1) is 15.3. The highest BCUT2D eigenvalue weighted by atomic mass is 35.5. The van der Waals surface area contributed by atoms with E-state index in [0.717, 1.165) is 12.4 Å². The Hall–Kier alpha value is -1.14. The van der Waals surface area contributed by atoms with Gasteiger partial charge in [-0.1, -0.05) is 23.2 Å². The molecule has 0 radical (unpaired) electrons. The summed E-state index contributed by atoms with van der Waals surface area (Å²) in [6, 6.07) is 2.67. The number of halogens is 3. The lowest BCUT2D eigenvalue weighted by Crippen LogP contribution is -2.19. The van der Waals surface area contributed by atoms with Crippen molar-refractivity contribution in [3.8, 4) is 11.3 Å². The monoisotopic (exact) mass is 317 g/mol. The van der Waals surface area contributed by atoms with E-state index in [4.69, 9.17) is 27.9 Å². The molecule has 4 nitrogen and oxygen atoms in total. The molecule has 108 valence electrons. The minimum absolute atomic E-state index is 0.000258. The Morgan fingerprint density at radius 3 is 2.90 bits per heavy atom. The van der Waals surface area contributed by atoms with Gasteiger partial charge in [0.2, 0.25) is 0 Å². The van der Waals surface area contributed by atoms with Crippen molar-refractivity contribution in [2.75, 3.05) is 20.3 Å². The number of aromatic nitrogens is 2. The largest absolute Gasteiger partial charge is 0.383 e. The maximum Gasteiger partial charge on any atom is 0.142 e. The minimum Gasteiger partial charge on any atom is -0.383 e. The highest BCUT2D eigenvalue weighted by Crippen LogP contribution is 2.31. The van der Waals surface area contributed by atoms with Crippen molar-refractivity contribution in [1.29, 1.82) is 0 Å². The van der Waals surface area contributed by atoms with Crippen LogP contribution in [0.4, 0.5) is 4.39 Å². The molecule has 1 aromatic carbocycles. The van der Waals surface area contributed by atoms with E-state index < -0.39 is 5.82 Å². The van der Waals surface area contributed by atoms with Crippen LogP contribution in [-0.4, -0.2) is 30.2 Å². The van der Waals surface area contributed by atoms with Gasteiger partial charge in [-0.3, -0.25) is 0 Å². The van der Waals surface area contributed by atoms with Gasteiger partial charge in [0.1, 0.15) is 11.6 Å². The van der Waals surface area contributed by atoms with E-state index in [1.54, 1.807) is 13.3 Å². The molecular weight excluding hydrogens is 304 g/mol. The van der Waals surface area contributed by atoms with Crippen molar-refractivity contribution in [1.82, 2.24) is 15.3 Å². The van der Waals surface area contributed by atoms with Crippen LogP contribution in [0, 0.1) is 5.82 Å². The molecule has 0 aliphatic carbocycles. The first-order chi connectivity index (χ1) is 9.61. The Kier molecular flexibility index (Phi) is 5.37. The quantitative estimate of drug-likeness (QED) is 0.635. The Morgan fingerprint density at radius 2 is 2.15 bits per heavy atom. The Bertz CT molecular complexity index is 589. The zero-order chi connectivity index (χ0) is 14.5. The zero-order valence-corrected chi connectivity index (χ0v) is 12.4. The summed E-state index contributed by atoms with van der Waals surface area (Å²) in [5, 5.41) is 3.53. The average molecular weight is 318 g/mol. The molecule has 0 aliphatic heterocycles. The maximum absolute atomic E-state index is 13.5. The predicted molar refractivity (Wildman–Crippen MR) is 77.6 cm³/mol. The fourth-order valence-electron chi connectivity index (χ4n) is 1.70. The second-order valence-electron chi connectivity index (χ2n) is 4.16. The van der Waals surface area contributed by atoms with Crippen LogP contribution in [0.1, 0.15) is 5.82 Å². The van der Waals surface area contributed by atoms with Crippen LogP contribution >= 0.6 is 23.2 Å². The zero-order valence-electron chi connectivity index (χ0n) is 10.8. The minimum atomic E-state index is -0.513. The van der Waals surface area contributed by atoms with Crippen molar-refractivity contribution in [3.05, 3.63) is 40.0 Å². The molecule has 0 unspecified atom stereocenters. The number of nitrogens with zero attached hydrogens (tertiary/aromatic N) is 1. The summed E-state index contributed by atoms with van der Waals surface area (Å²) in [7, 11) is 1.64. The molecule has 0 spiro atoms. The fourth-order valence-corrected chi connectivity index (χ4v) is 2.18. The highest BCUT2D eigenvalue weighted by Gasteiger charge is 2.11. The number of benzene rings is 1. The lowest BCUT2D eigenvalue weighted by atomic mass is 10.1. The second-order valence-corrected chi connectivity index (χ2v) is 4.97. The van der Waals surface area contributed by atoms with Crippen molar-refractivity contribution in [2.45, 2.75) is 6.54 Å². The van der Waals surface area contributed by atoms with Gasteiger partial charge in [0.25, 0.3) is 0 Å². The number of imidazole rings is 1. The van der Waals surface area contributed by atoms with Crippen LogP contribution < -0.4 is 5.32 Å². The van der Waals surface area contributed by atoms with Crippen molar-refractivity contribution in [2.24, 2.45) is 0 Å². The van der Waals surface area contributed by atoms with E-state index in [1.165, 1.54) is 12.1 Å². The van der Waals surface area contributed by atoms with Gasteiger partial charge >= 0.3 is 0 Å². The normalized spacial score (nSPS) is 11.0. The number of nitrogens with one attached hydrogen (secondary N) is 2. The van der Waals surface area contributed by atoms with Crippen molar-refractivity contribution in [3.63, 3.8) is 0 Å². The third kappa shape index (κ3) is 3.70. The Labute approximate surface area is 126 Å². The SMILES string of the molecule is COCCNCc1ncc(-c2cc(F)c(Cl)cc2Cl)[nH]1. The van der Waals surface area contributed by atoms with E-state index in [1.807, 2.05) is 0 Å². The summed E-state index contributed by atoms with van der Waals surface area (Å²) in [4.78, 5) is 7.30. The molecule has 2 N–H and O–H groups in total. The van der Waals surface area contributed by atoms with Gasteiger partial charge in [-0.25, -0.2) is 9.37 Å². The maximum atomic E-state index is 13.5. The molecule has 2 rings (SSSR count). The van der Waals surface area contributed by atoms with E-state index in [9.17, 15) is 4.39 Å². The van der Waals surface area contributed by atoms with Gasteiger partial charge in [-0.15, -0.1) is 0 Å². The lowest BCUT2D eigenvalue weighted by molar-refractivity contribution is 0.199. The van der Waals surface area contributed by atoms with Gasteiger partial charge < -0.3 is 15.0 Å². The third-order valence-electron chi connectivity index (χ3n) is 2.70. The molecule has 1 heterocycles. The molecule has 2 aromatic rings. The van der Waals surface area contributed by atoms with Gasteiger partial charge in [-0.2, -0.15) is 0 Å². The van der Waals surface area contributed by atoms with Crippen molar-refractivity contribution >= 4 is 23.2 Å². The van der Waals surface area contributed by atoms with Gasteiger partial charge in [0, 0.05) is 19.2 Å². The van der Waals surface area contributed by atoms with Crippen molar-refractivity contribution < 1.29 is 9.13 Å². The molecule has 0 atom stereocenters. The molecule has 0 aliphatic rings. The third-order valence-corrected chi connectivity index (χ3v) is 3.31. The molecule has 0 saturated heterocycles. The van der Waals surface area contributed by atoms with E-state index in [-0.39, 0.29) is 5.02 Å². The highest BCUT2D eigenvalue weighted by molar-refractivity contribution is 6.36. The molecule has 0 fully saturated rings. The number of H-pyrrole nitrogens is 1. The van der Waals surface area contributed by atoms with Crippen LogP contribution in [0.3, 0.4) is 0 Å². The number of ether oxygens (including phenoxy) is 1. The summed E-state index contributed by atoms with van der Waals surface area (Å²) in [5.74, 6) is 0.225. The standard InChI is InChI=1S/C13H14Cl2FN3O/c1-20-3-2-17-7-13-18-6-12(19-13)8-4-11(16)10(15)5-9(8)14/h4-6,17H,2-3,7H2,1H3,(H,18,19). The van der Waals surface area contributed by atoms with Crippen LogP contribution in [0.15, 0.2) is 18.3 Å². The molecule has 7 heteroatoms. The number of hydrogen-bond acceptors (Lipinski definition) is 3. The molecule has 0 saturated carbocycles. The predicted octanol–water partition coefficient (Wildman–Crippen LogP) is 3.26. The van der Waals surface area contributed by atoms with Crippen LogP contribution in [0.2, 0.25) is 10.0 Å². The van der Waals surface area contributed by atoms with E-state index >= 15 is 0 Å². The summed E-state index contributed by atoms with van der Waals surface area (Å²) >= 11 is 11.7. The smallest absolute Gasteiger partial charge is 0.142 e. The summed E-state index contributed by atoms with van der Waals surface area (Å²) < 4.78 is 18.4. The number of methoxy groups -OCH3 is 1. The lowest BCUT2D eigenvalue weighted by Gasteiger charge is -2.04. The Balaban J connectivity index is 2.10. The van der Waals surface area contributed by atoms with Gasteiger partial charge in [0.05, 0.1) is 35.1 Å². The molecule has 0 amide bonds. The second kappa shape index (κ2) is 7.04. The van der Waals surface area contributed by atoms with Crippen LogP contribution in [0.25, 0.3) is 11.3 Å². The molecule has 1 aromatic heterocycles. The van der Waals surface area contributed by atoms with E-state index in [0.29, 0.717) is 29.4 Å². The molecular formula is C13H14Cl2FN3O. The summed E-state index contributed by atoms with van der Waals surface area (Å²) in [6.45, 7) is 1.92. The van der Waals surface area contributed by atoms with E-state index in [2.05, 4.69) is 15.3 Å². The topological polar surface area (TPSA) is 49.9 Å². The number of rotatable bonds is 6. The van der Waals surface area contributed by atoms with Crippen LogP contribution in [-0.2, 0) is 11.3 Å².